The summed E-state index contributed by atoms with van der Waals surface area (Å²) in [6.45, 7) is 7.43. The van der Waals surface area contributed by atoms with Crippen LogP contribution in [0, 0.1) is 18.8 Å². The summed E-state index contributed by atoms with van der Waals surface area (Å²) in [7, 11) is 4.88. The maximum atomic E-state index is 12.9. The molecule has 42 heavy (non-hydrogen) atoms. The number of halogens is 1. The lowest BCUT2D eigenvalue weighted by Gasteiger charge is -2.31. The van der Waals surface area contributed by atoms with Crippen molar-refractivity contribution in [3.8, 4) is 5.75 Å². The third-order valence-electron chi connectivity index (χ3n) is 7.84. The molecule has 2 aliphatic rings. The fourth-order valence-corrected chi connectivity index (χ4v) is 7.21. The third-order valence-corrected chi connectivity index (χ3v) is 9.81. The van der Waals surface area contributed by atoms with E-state index in [1.54, 1.807) is 24.1 Å². The number of aromatic nitrogens is 4. The predicted molar refractivity (Wildman–Crippen MR) is 171 cm³/mol. The first-order valence-corrected chi connectivity index (χ1v) is 16.7. The summed E-state index contributed by atoms with van der Waals surface area (Å²) < 4.78 is 21.0. The van der Waals surface area contributed by atoms with Gasteiger partial charge in [-0.3, -0.25) is 8.89 Å². The summed E-state index contributed by atoms with van der Waals surface area (Å²) >= 11 is 6.50. The van der Waals surface area contributed by atoms with Gasteiger partial charge in [0.15, 0.2) is 10.8 Å². The van der Waals surface area contributed by atoms with Crippen LogP contribution in [-0.2, 0) is 17.8 Å². The van der Waals surface area contributed by atoms with Crippen LogP contribution in [0.5, 0.6) is 5.75 Å². The Kier molecular flexibility index (Phi) is 9.74. The number of benzene rings is 1. The summed E-state index contributed by atoms with van der Waals surface area (Å²) in [5.74, 6) is 3.79. The van der Waals surface area contributed by atoms with Gasteiger partial charge in [-0.25, -0.2) is 4.98 Å². The van der Waals surface area contributed by atoms with E-state index < -0.39 is 10.8 Å². The predicted octanol–water partition coefficient (Wildman–Crippen LogP) is 6.80. The number of aryl methyl sites for hydroxylation is 2. The number of hydrogen-bond donors (Lipinski definition) is 2. The Labute approximate surface area is 257 Å². The van der Waals surface area contributed by atoms with Crippen LogP contribution in [0.15, 0.2) is 29.6 Å². The van der Waals surface area contributed by atoms with Crippen molar-refractivity contribution in [3.63, 3.8) is 0 Å². The highest BCUT2D eigenvalue weighted by Crippen LogP contribution is 2.42. The van der Waals surface area contributed by atoms with Gasteiger partial charge < -0.3 is 20.3 Å². The highest BCUT2D eigenvalue weighted by molar-refractivity contribution is 7.85. The van der Waals surface area contributed by atoms with Gasteiger partial charge in [-0.2, -0.15) is 10.1 Å². The van der Waals surface area contributed by atoms with Crippen molar-refractivity contribution in [1.29, 1.82) is 0 Å². The standard InChI is InChI=1S/C31H44ClN7O2S/c1-19(2)18-42(40)30-27(17-39(6)37-30)34-29-25(32)15-33-31(36-29)35-26-13-20(3)24(14-28(26)41-23-11-12-23)22-9-7-21(8-10-22)16-38(4)5/h13-15,17,19,21-23H,7-12,16,18H2,1-6H3,(H2,33,34,35,36). The van der Waals surface area contributed by atoms with Gasteiger partial charge in [-0.1, -0.05) is 25.4 Å². The number of anilines is 4. The molecule has 2 saturated carbocycles. The molecule has 1 atom stereocenters. The van der Waals surface area contributed by atoms with Crippen LogP contribution in [0.4, 0.5) is 23.1 Å². The van der Waals surface area contributed by atoms with Gasteiger partial charge in [0, 0.05) is 25.5 Å². The molecule has 2 N–H and O–H groups in total. The lowest BCUT2D eigenvalue weighted by Crippen LogP contribution is -2.25. The molecular formula is C31H44ClN7O2S. The minimum atomic E-state index is -1.25. The fraction of sp³-hybridized carbons (Fsp3) is 0.581. The lowest BCUT2D eigenvalue weighted by molar-refractivity contribution is 0.249. The summed E-state index contributed by atoms with van der Waals surface area (Å²) in [4.78, 5) is 11.4. The topological polar surface area (TPSA) is 97.2 Å². The second-order valence-electron chi connectivity index (χ2n) is 12.6. The highest BCUT2D eigenvalue weighted by atomic mass is 35.5. The zero-order valence-corrected chi connectivity index (χ0v) is 27.2. The normalized spacial score (nSPS) is 19.7. The summed E-state index contributed by atoms with van der Waals surface area (Å²) in [5, 5.41) is 11.9. The van der Waals surface area contributed by atoms with Crippen LogP contribution in [-0.4, -0.2) is 61.4 Å². The molecule has 11 heteroatoms. The van der Waals surface area contributed by atoms with E-state index in [1.165, 1.54) is 43.4 Å². The molecule has 2 aliphatic carbocycles. The summed E-state index contributed by atoms with van der Waals surface area (Å²) in [5.41, 5.74) is 4.09. The van der Waals surface area contributed by atoms with E-state index in [0.717, 1.165) is 30.2 Å². The molecule has 1 unspecified atom stereocenters. The van der Waals surface area contributed by atoms with Crippen molar-refractivity contribution >= 4 is 45.5 Å². The van der Waals surface area contributed by atoms with Gasteiger partial charge in [0.1, 0.15) is 10.8 Å². The lowest BCUT2D eigenvalue weighted by atomic mass is 9.77. The van der Waals surface area contributed by atoms with Crippen molar-refractivity contribution in [2.24, 2.45) is 18.9 Å². The van der Waals surface area contributed by atoms with E-state index in [0.29, 0.717) is 39.2 Å². The molecule has 0 spiro atoms. The zero-order chi connectivity index (χ0) is 30.0. The van der Waals surface area contributed by atoms with Gasteiger partial charge in [-0.05, 0) is 101 Å². The van der Waals surface area contributed by atoms with E-state index in [2.05, 4.69) is 63.8 Å². The molecule has 5 rings (SSSR count). The Bertz CT molecular complexity index is 1410. The maximum absolute atomic E-state index is 12.9. The molecule has 2 heterocycles. The first-order chi connectivity index (χ1) is 20.0. The molecular weight excluding hydrogens is 570 g/mol. The van der Waals surface area contributed by atoms with Crippen molar-refractivity contribution in [1.82, 2.24) is 24.6 Å². The number of nitrogens with zero attached hydrogens (tertiary/aromatic N) is 5. The largest absolute Gasteiger partial charge is 0.488 e. The average Bonchev–Trinajstić information content (AvgIpc) is 3.66. The Morgan fingerprint density at radius 2 is 1.86 bits per heavy atom. The van der Waals surface area contributed by atoms with Crippen molar-refractivity contribution in [2.45, 2.75) is 76.3 Å². The molecule has 228 valence electrons. The third kappa shape index (κ3) is 7.82. The van der Waals surface area contributed by atoms with E-state index in [9.17, 15) is 4.21 Å². The first kappa shape index (κ1) is 30.8. The number of rotatable bonds is 12. The van der Waals surface area contributed by atoms with Crippen LogP contribution in [0.25, 0.3) is 0 Å². The van der Waals surface area contributed by atoms with Crippen LogP contribution >= 0.6 is 11.6 Å². The van der Waals surface area contributed by atoms with E-state index >= 15 is 0 Å². The second-order valence-corrected chi connectivity index (χ2v) is 14.4. The summed E-state index contributed by atoms with van der Waals surface area (Å²) in [6.07, 6.45) is 10.7. The molecule has 9 nitrogen and oxygen atoms in total. The molecule has 0 aliphatic heterocycles. The maximum Gasteiger partial charge on any atom is 0.229 e. The van der Waals surface area contributed by atoms with Crippen LogP contribution in [0.2, 0.25) is 5.02 Å². The first-order valence-electron chi connectivity index (χ1n) is 15.0. The van der Waals surface area contributed by atoms with Gasteiger partial charge in [-0.15, -0.1) is 0 Å². The second kappa shape index (κ2) is 13.3. The minimum absolute atomic E-state index is 0.260. The van der Waals surface area contributed by atoms with Gasteiger partial charge in [0.25, 0.3) is 0 Å². The van der Waals surface area contributed by atoms with Gasteiger partial charge in [0.2, 0.25) is 5.95 Å². The smallest absolute Gasteiger partial charge is 0.229 e. The van der Waals surface area contributed by atoms with Gasteiger partial charge in [0.05, 0.1) is 34.5 Å². The Balaban J connectivity index is 1.36. The molecule has 1 aromatic carbocycles. The molecule has 2 aromatic heterocycles. The summed E-state index contributed by atoms with van der Waals surface area (Å²) in [6, 6.07) is 4.41. The van der Waals surface area contributed by atoms with E-state index in [4.69, 9.17) is 16.3 Å². The molecule has 0 amide bonds. The Morgan fingerprint density at radius 1 is 1.12 bits per heavy atom. The van der Waals surface area contributed by atoms with Gasteiger partial charge >= 0.3 is 0 Å². The number of ether oxygens (including phenoxy) is 1. The van der Waals surface area contributed by atoms with Crippen molar-refractivity contribution < 1.29 is 8.95 Å². The van der Waals surface area contributed by atoms with E-state index in [-0.39, 0.29) is 12.0 Å². The van der Waals surface area contributed by atoms with Crippen molar-refractivity contribution in [2.75, 3.05) is 37.0 Å². The Hall–Kier alpha value is -2.69. The van der Waals surface area contributed by atoms with Crippen molar-refractivity contribution in [3.05, 3.63) is 40.7 Å². The van der Waals surface area contributed by atoms with Crippen LogP contribution in [0.1, 0.15) is 69.4 Å². The average molecular weight is 614 g/mol. The number of hydrogen-bond acceptors (Lipinski definition) is 8. The monoisotopic (exact) mass is 613 g/mol. The fourth-order valence-electron chi connectivity index (χ4n) is 5.74. The zero-order valence-electron chi connectivity index (χ0n) is 25.6. The molecule has 0 radical (unpaired) electrons. The molecule has 0 saturated heterocycles. The Morgan fingerprint density at radius 3 is 2.52 bits per heavy atom. The quantitative estimate of drug-likeness (QED) is 0.230. The molecule has 0 bridgehead atoms. The van der Waals surface area contributed by atoms with Crippen LogP contribution in [0.3, 0.4) is 0 Å². The minimum Gasteiger partial charge on any atom is -0.488 e. The highest BCUT2D eigenvalue weighted by Gasteiger charge is 2.28. The molecule has 3 aromatic rings. The SMILES string of the molecule is Cc1cc(Nc2ncc(Cl)c(Nc3cn(C)nc3S(=O)CC(C)C)n2)c(OC2CC2)cc1C1CCC(CN(C)C)CC1. The van der Waals surface area contributed by atoms with E-state index in [1.807, 2.05) is 13.8 Å². The molecule has 2 fully saturated rings. The number of nitrogens with one attached hydrogen (secondary N) is 2. The van der Waals surface area contributed by atoms with Crippen LogP contribution < -0.4 is 15.4 Å².